The molecule has 1 aromatic carbocycles. The molecule has 0 aromatic heterocycles. The van der Waals surface area contributed by atoms with Gasteiger partial charge in [0.25, 0.3) is 0 Å². The zero-order valence-corrected chi connectivity index (χ0v) is 10.2. The van der Waals surface area contributed by atoms with E-state index in [1.54, 1.807) is 12.1 Å². The standard InChI is InChI=1S/C13H17ClFN/c1-2-9(8-13(16)5-6-13)10-3-4-11(14)12(15)7-10/h3-4,7,9H,2,5-6,8,16H2,1H3. The molecule has 0 heterocycles. The highest BCUT2D eigenvalue weighted by atomic mass is 35.5. The third-order valence-electron chi connectivity index (χ3n) is 3.45. The van der Waals surface area contributed by atoms with Crippen LogP contribution in [0, 0.1) is 5.82 Å². The molecule has 88 valence electrons. The van der Waals surface area contributed by atoms with E-state index in [1.807, 2.05) is 6.07 Å². The first-order chi connectivity index (χ1) is 7.54. The minimum Gasteiger partial charge on any atom is -0.325 e. The third kappa shape index (κ3) is 2.55. The van der Waals surface area contributed by atoms with E-state index >= 15 is 0 Å². The van der Waals surface area contributed by atoms with Gasteiger partial charge >= 0.3 is 0 Å². The lowest BCUT2D eigenvalue weighted by molar-refractivity contribution is 0.502. The largest absolute Gasteiger partial charge is 0.325 e. The Kier molecular flexibility index (Phi) is 3.22. The number of hydrogen-bond donors (Lipinski definition) is 1. The molecular weight excluding hydrogens is 225 g/mol. The molecule has 16 heavy (non-hydrogen) atoms. The Morgan fingerprint density at radius 2 is 2.19 bits per heavy atom. The summed E-state index contributed by atoms with van der Waals surface area (Å²) in [6, 6.07) is 5.08. The summed E-state index contributed by atoms with van der Waals surface area (Å²) in [7, 11) is 0. The molecule has 2 N–H and O–H groups in total. The summed E-state index contributed by atoms with van der Waals surface area (Å²) in [6.45, 7) is 2.11. The Hall–Kier alpha value is -0.600. The third-order valence-corrected chi connectivity index (χ3v) is 3.76. The molecule has 2 rings (SSSR count). The second-order valence-corrected chi connectivity index (χ2v) is 5.25. The van der Waals surface area contributed by atoms with Crippen LogP contribution in [-0.4, -0.2) is 5.54 Å². The van der Waals surface area contributed by atoms with Gasteiger partial charge in [0.05, 0.1) is 5.02 Å². The molecule has 3 heteroatoms. The van der Waals surface area contributed by atoms with E-state index in [0.717, 1.165) is 31.2 Å². The minimum atomic E-state index is -0.334. The molecule has 1 aliphatic carbocycles. The van der Waals surface area contributed by atoms with Gasteiger partial charge in [0, 0.05) is 5.54 Å². The highest BCUT2D eigenvalue weighted by molar-refractivity contribution is 6.30. The summed E-state index contributed by atoms with van der Waals surface area (Å²) in [6.07, 6.45) is 4.13. The minimum absolute atomic E-state index is 0.0107. The summed E-state index contributed by atoms with van der Waals surface area (Å²) >= 11 is 5.67. The van der Waals surface area contributed by atoms with Crippen molar-refractivity contribution in [2.45, 2.75) is 44.1 Å². The van der Waals surface area contributed by atoms with Gasteiger partial charge in [-0.2, -0.15) is 0 Å². The van der Waals surface area contributed by atoms with Gasteiger partial charge in [0.1, 0.15) is 5.82 Å². The van der Waals surface area contributed by atoms with Crippen molar-refractivity contribution in [3.63, 3.8) is 0 Å². The molecule has 1 aliphatic rings. The van der Waals surface area contributed by atoms with Crippen LogP contribution in [0.15, 0.2) is 18.2 Å². The van der Waals surface area contributed by atoms with E-state index in [1.165, 1.54) is 0 Å². The second-order valence-electron chi connectivity index (χ2n) is 4.85. The predicted octanol–water partition coefficient (Wildman–Crippen LogP) is 3.85. The van der Waals surface area contributed by atoms with E-state index in [0.29, 0.717) is 5.92 Å². The number of nitrogens with two attached hydrogens (primary N) is 1. The molecule has 1 aromatic rings. The van der Waals surface area contributed by atoms with Crippen molar-refractivity contribution in [2.75, 3.05) is 0 Å². The quantitative estimate of drug-likeness (QED) is 0.851. The normalized spacial score (nSPS) is 19.5. The van der Waals surface area contributed by atoms with E-state index in [-0.39, 0.29) is 16.4 Å². The van der Waals surface area contributed by atoms with E-state index in [2.05, 4.69) is 6.92 Å². The summed E-state index contributed by atoms with van der Waals surface area (Å²) < 4.78 is 13.4. The molecule has 0 amide bonds. The number of halogens is 2. The Morgan fingerprint density at radius 3 is 2.69 bits per heavy atom. The maximum Gasteiger partial charge on any atom is 0.142 e. The lowest BCUT2D eigenvalue weighted by Crippen LogP contribution is -2.24. The van der Waals surface area contributed by atoms with Crippen LogP contribution in [0.25, 0.3) is 0 Å². The van der Waals surface area contributed by atoms with Crippen molar-refractivity contribution in [3.8, 4) is 0 Å². The highest BCUT2D eigenvalue weighted by Gasteiger charge is 2.39. The first kappa shape index (κ1) is 11.9. The van der Waals surface area contributed by atoms with Crippen LogP contribution in [0.1, 0.15) is 44.1 Å². The summed E-state index contributed by atoms with van der Waals surface area (Å²) in [4.78, 5) is 0. The van der Waals surface area contributed by atoms with Gasteiger partial charge in [-0.3, -0.25) is 0 Å². The van der Waals surface area contributed by atoms with Crippen LogP contribution in [0.2, 0.25) is 5.02 Å². The maximum absolute atomic E-state index is 13.4. The number of hydrogen-bond acceptors (Lipinski definition) is 1. The van der Waals surface area contributed by atoms with Gasteiger partial charge in [-0.05, 0) is 49.3 Å². The summed E-state index contributed by atoms with van der Waals surface area (Å²) in [5.74, 6) is 0.0127. The topological polar surface area (TPSA) is 26.0 Å². The van der Waals surface area contributed by atoms with Crippen molar-refractivity contribution in [3.05, 3.63) is 34.6 Å². The molecule has 0 radical (unpaired) electrons. The molecule has 0 spiro atoms. The fraction of sp³-hybridized carbons (Fsp3) is 0.538. The summed E-state index contributed by atoms with van der Waals surface area (Å²) in [5.41, 5.74) is 7.13. The van der Waals surface area contributed by atoms with E-state index in [4.69, 9.17) is 17.3 Å². The zero-order chi connectivity index (χ0) is 11.8. The van der Waals surface area contributed by atoms with Crippen molar-refractivity contribution in [1.29, 1.82) is 0 Å². The highest BCUT2D eigenvalue weighted by Crippen LogP contribution is 2.42. The molecule has 1 fully saturated rings. The van der Waals surface area contributed by atoms with Crippen LogP contribution in [0.3, 0.4) is 0 Å². The predicted molar refractivity (Wildman–Crippen MR) is 65.2 cm³/mol. The first-order valence-electron chi connectivity index (χ1n) is 5.78. The van der Waals surface area contributed by atoms with Gasteiger partial charge in [-0.25, -0.2) is 4.39 Å². The van der Waals surface area contributed by atoms with Gasteiger partial charge < -0.3 is 5.73 Å². The Balaban J connectivity index is 2.16. The maximum atomic E-state index is 13.4. The van der Waals surface area contributed by atoms with Crippen molar-refractivity contribution >= 4 is 11.6 Å². The van der Waals surface area contributed by atoms with E-state index in [9.17, 15) is 4.39 Å². The average Bonchev–Trinajstić information content (AvgIpc) is 2.98. The molecule has 0 saturated heterocycles. The van der Waals surface area contributed by atoms with Crippen LogP contribution in [0.5, 0.6) is 0 Å². The molecule has 0 aliphatic heterocycles. The van der Waals surface area contributed by atoms with Crippen molar-refractivity contribution < 1.29 is 4.39 Å². The molecular formula is C13H17ClFN. The smallest absolute Gasteiger partial charge is 0.142 e. The monoisotopic (exact) mass is 241 g/mol. The van der Waals surface area contributed by atoms with E-state index < -0.39 is 0 Å². The van der Waals surface area contributed by atoms with Gasteiger partial charge in [0.15, 0.2) is 0 Å². The number of rotatable bonds is 4. The van der Waals surface area contributed by atoms with Crippen LogP contribution in [0.4, 0.5) is 4.39 Å². The van der Waals surface area contributed by atoms with Crippen molar-refractivity contribution in [2.24, 2.45) is 5.73 Å². The van der Waals surface area contributed by atoms with Crippen LogP contribution >= 0.6 is 11.6 Å². The molecule has 1 atom stereocenters. The van der Waals surface area contributed by atoms with Gasteiger partial charge in [-0.1, -0.05) is 24.6 Å². The van der Waals surface area contributed by atoms with Gasteiger partial charge in [-0.15, -0.1) is 0 Å². The molecule has 1 unspecified atom stereocenters. The van der Waals surface area contributed by atoms with Crippen molar-refractivity contribution in [1.82, 2.24) is 0 Å². The fourth-order valence-electron chi connectivity index (χ4n) is 2.12. The Morgan fingerprint density at radius 1 is 1.50 bits per heavy atom. The fourth-order valence-corrected chi connectivity index (χ4v) is 2.24. The lowest BCUT2D eigenvalue weighted by Gasteiger charge is -2.19. The number of benzene rings is 1. The Bertz CT molecular complexity index is 388. The molecule has 1 saturated carbocycles. The second kappa shape index (κ2) is 4.34. The first-order valence-corrected chi connectivity index (χ1v) is 6.16. The van der Waals surface area contributed by atoms with Gasteiger partial charge in [0.2, 0.25) is 0 Å². The van der Waals surface area contributed by atoms with Crippen LogP contribution < -0.4 is 5.73 Å². The Labute approximate surface area is 101 Å². The average molecular weight is 242 g/mol. The molecule has 0 bridgehead atoms. The lowest BCUT2D eigenvalue weighted by atomic mass is 9.89. The summed E-state index contributed by atoms with van der Waals surface area (Å²) in [5, 5.41) is 0.187. The SMILES string of the molecule is CCC(CC1(N)CC1)c1ccc(Cl)c(F)c1. The molecule has 1 nitrogen and oxygen atoms in total. The zero-order valence-electron chi connectivity index (χ0n) is 9.47. The van der Waals surface area contributed by atoms with Crippen LogP contribution in [-0.2, 0) is 0 Å².